The molecule has 7 nitrogen and oxygen atoms in total. The van der Waals surface area contributed by atoms with Gasteiger partial charge in [-0.05, 0) is 12.1 Å². The Hall–Kier alpha value is -2.91. The molecule has 0 radical (unpaired) electrons. The summed E-state index contributed by atoms with van der Waals surface area (Å²) in [6.07, 6.45) is 0.236. The minimum atomic E-state index is -4.40. The number of aryl methyl sites for hydroxylation is 1. The quantitative estimate of drug-likeness (QED) is 0.671. The van der Waals surface area contributed by atoms with Gasteiger partial charge in [0.2, 0.25) is 0 Å². The van der Waals surface area contributed by atoms with Gasteiger partial charge >= 0.3 is 6.18 Å². The van der Waals surface area contributed by atoms with Gasteiger partial charge in [0.05, 0.1) is 11.9 Å². The van der Waals surface area contributed by atoms with E-state index >= 15 is 0 Å². The highest BCUT2D eigenvalue weighted by Crippen LogP contribution is 2.40. The van der Waals surface area contributed by atoms with Crippen LogP contribution in [-0.4, -0.2) is 50.7 Å². The van der Waals surface area contributed by atoms with Gasteiger partial charge in [-0.15, -0.1) is 0 Å². The first-order valence-electron chi connectivity index (χ1n) is 9.06. The zero-order chi connectivity index (χ0) is 19.5. The van der Waals surface area contributed by atoms with E-state index in [4.69, 9.17) is 0 Å². The van der Waals surface area contributed by atoms with E-state index in [-0.39, 0.29) is 17.7 Å². The Morgan fingerprint density at radius 1 is 0.929 bits per heavy atom. The number of rotatable bonds is 2. The van der Waals surface area contributed by atoms with E-state index in [9.17, 15) is 13.2 Å². The number of pyridine rings is 1. The third kappa shape index (κ3) is 2.66. The third-order valence-electron chi connectivity index (χ3n) is 5.67. The van der Waals surface area contributed by atoms with Crippen LogP contribution in [-0.2, 0) is 13.2 Å². The van der Waals surface area contributed by atoms with E-state index in [0.717, 1.165) is 30.5 Å². The summed E-state index contributed by atoms with van der Waals surface area (Å²) in [7, 11) is 1.90. The van der Waals surface area contributed by atoms with Crippen LogP contribution in [0.4, 0.5) is 24.8 Å². The summed E-state index contributed by atoms with van der Waals surface area (Å²) in [6.45, 7) is 2.60. The van der Waals surface area contributed by atoms with Crippen molar-refractivity contribution in [3.05, 3.63) is 36.5 Å². The number of aromatic nitrogens is 5. The van der Waals surface area contributed by atoms with Gasteiger partial charge in [-0.25, -0.2) is 19.9 Å². The van der Waals surface area contributed by atoms with Crippen LogP contribution in [0.1, 0.15) is 5.56 Å². The van der Waals surface area contributed by atoms with Crippen molar-refractivity contribution in [2.24, 2.45) is 18.9 Å². The minimum absolute atomic E-state index is 0.0343. The van der Waals surface area contributed by atoms with Crippen LogP contribution in [0, 0.1) is 11.8 Å². The van der Waals surface area contributed by atoms with E-state index in [1.165, 1.54) is 18.6 Å². The zero-order valence-corrected chi connectivity index (χ0v) is 15.1. The highest BCUT2D eigenvalue weighted by atomic mass is 19.4. The average Bonchev–Trinajstić information content (AvgIpc) is 3.34. The maximum atomic E-state index is 13.3. The topological polar surface area (TPSA) is 63.0 Å². The lowest BCUT2D eigenvalue weighted by Crippen LogP contribution is -2.31. The maximum absolute atomic E-state index is 13.3. The SMILES string of the molecule is Cn1cnc2ncnc(N3CC4CN(c5ncccc5C(F)(F)F)CC4C3)c21. The average molecular weight is 389 g/mol. The van der Waals surface area contributed by atoms with Crippen molar-refractivity contribution in [3.63, 3.8) is 0 Å². The number of imidazole rings is 1. The largest absolute Gasteiger partial charge is 0.419 e. The van der Waals surface area contributed by atoms with Crippen LogP contribution in [0.5, 0.6) is 0 Å². The van der Waals surface area contributed by atoms with Crippen LogP contribution in [0.25, 0.3) is 11.2 Å². The Morgan fingerprint density at radius 3 is 2.29 bits per heavy atom. The molecule has 2 unspecified atom stereocenters. The van der Waals surface area contributed by atoms with Crippen LogP contribution in [0.2, 0.25) is 0 Å². The van der Waals surface area contributed by atoms with E-state index in [1.807, 2.05) is 11.6 Å². The lowest BCUT2D eigenvalue weighted by atomic mass is 10.0. The van der Waals surface area contributed by atoms with E-state index in [2.05, 4.69) is 24.8 Å². The predicted molar refractivity (Wildman–Crippen MR) is 96.9 cm³/mol. The highest BCUT2D eigenvalue weighted by molar-refractivity contribution is 5.83. The number of fused-ring (bicyclic) bond motifs is 2. The Balaban J connectivity index is 1.38. The second-order valence-corrected chi connectivity index (χ2v) is 7.43. The molecule has 0 bridgehead atoms. The molecule has 0 aliphatic carbocycles. The second kappa shape index (κ2) is 6.05. The monoisotopic (exact) mass is 389 g/mol. The molecule has 2 fully saturated rings. The summed E-state index contributed by atoms with van der Waals surface area (Å²) in [5, 5.41) is 0. The third-order valence-corrected chi connectivity index (χ3v) is 5.67. The molecule has 10 heteroatoms. The molecule has 2 saturated heterocycles. The molecule has 0 amide bonds. The van der Waals surface area contributed by atoms with Gasteiger partial charge in [-0.3, -0.25) is 0 Å². The zero-order valence-electron chi connectivity index (χ0n) is 15.1. The summed E-state index contributed by atoms with van der Waals surface area (Å²) in [6, 6.07) is 2.43. The number of hydrogen-bond donors (Lipinski definition) is 0. The fourth-order valence-electron chi connectivity index (χ4n) is 4.41. The number of alkyl halides is 3. The molecule has 3 aromatic heterocycles. The van der Waals surface area contributed by atoms with Gasteiger partial charge in [-0.2, -0.15) is 13.2 Å². The van der Waals surface area contributed by atoms with Gasteiger partial charge in [0.1, 0.15) is 17.7 Å². The summed E-state index contributed by atoms with van der Waals surface area (Å²) in [5.74, 6) is 1.40. The summed E-state index contributed by atoms with van der Waals surface area (Å²) < 4.78 is 41.9. The Morgan fingerprint density at radius 2 is 1.61 bits per heavy atom. The Bertz CT molecular complexity index is 1020. The van der Waals surface area contributed by atoms with Crippen molar-refractivity contribution in [2.45, 2.75) is 6.18 Å². The van der Waals surface area contributed by atoms with Crippen molar-refractivity contribution >= 4 is 22.8 Å². The van der Waals surface area contributed by atoms with Crippen LogP contribution >= 0.6 is 0 Å². The second-order valence-electron chi connectivity index (χ2n) is 7.43. The van der Waals surface area contributed by atoms with E-state index in [1.54, 1.807) is 11.2 Å². The Labute approximate surface area is 158 Å². The molecule has 0 aromatic carbocycles. The molecule has 0 saturated carbocycles. The molecule has 0 spiro atoms. The summed E-state index contributed by atoms with van der Waals surface area (Å²) >= 11 is 0. The number of anilines is 2. The molecule has 28 heavy (non-hydrogen) atoms. The molecule has 5 rings (SSSR count). The van der Waals surface area contributed by atoms with E-state index in [0.29, 0.717) is 18.7 Å². The molecular formula is C18H18F3N7. The van der Waals surface area contributed by atoms with Crippen molar-refractivity contribution in [1.82, 2.24) is 24.5 Å². The Kier molecular flexibility index (Phi) is 3.72. The van der Waals surface area contributed by atoms with E-state index < -0.39 is 11.7 Å². The minimum Gasteiger partial charge on any atom is -0.355 e. The smallest absolute Gasteiger partial charge is 0.355 e. The number of nitrogens with zero attached hydrogens (tertiary/aromatic N) is 7. The highest BCUT2D eigenvalue weighted by Gasteiger charge is 2.44. The predicted octanol–water partition coefficient (Wildman–Crippen LogP) is 2.35. The molecule has 2 aliphatic rings. The van der Waals surface area contributed by atoms with Gasteiger partial charge < -0.3 is 14.4 Å². The molecular weight excluding hydrogens is 371 g/mol. The fraction of sp³-hybridized carbons (Fsp3) is 0.444. The normalized spacial score (nSPS) is 22.3. The van der Waals surface area contributed by atoms with Crippen molar-refractivity contribution in [1.29, 1.82) is 0 Å². The number of halogens is 3. The molecule has 2 atom stereocenters. The first kappa shape index (κ1) is 17.2. The lowest BCUT2D eigenvalue weighted by Gasteiger charge is -2.25. The molecule has 0 N–H and O–H groups in total. The standard InChI is InChI=1S/C18H18F3N7/c1-26-10-25-15-14(26)17(24-9-23-15)28-7-11-5-27(6-12(11)8-28)16-13(18(19,20)21)3-2-4-22-16/h2-4,9-12H,5-8H2,1H3. The van der Waals surface area contributed by atoms with Crippen LogP contribution in [0.15, 0.2) is 31.0 Å². The van der Waals surface area contributed by atoms with Gasteiger partial charge in [0.15, 0.2) is 11.5 Å². The fourth-order valence-corrected chi connectivity index (χ4v) is 4.41. The first-order chi connectivity index (χ1) is 13.4. The maximum Gasteiger partial charge on any atom is 0.419 e. The summed E-state index contributed by atoms with van der Waals surface area (Å²) in [4.78, 5) is 20.9. The first-order valence-corrected chi connectivity index (χ1v) is 9.06. The van der Waals surface area contributed by atoms with Crippen molar-refractivity contribution in [3.8, 4) is 0 Å². The summed E-state index contributed by atoms with van der Waals surface area (Å²) in [5.41, 5.74) is 0.858. The molecule has 5 heterocycles. The molecule has 146 valence electrons. The van der Waals surface area contributed by atoms with Crippen molar-refractivity contribution < 1.29 is 13.2 Å². The van der Waals surface area contributed by atoms with Crippen molar-refractivity contribution in [2.75, 3.05) is 36.0 Å². The molecule has 3 aromatic rings. The van der Waals surface area contributed by atoms with Crippen LogP contribution in [0.3, 0.4) is 0 Å². The van der Waals surface area contributed by atoms with Crippen LogP contribution < -0.4 is 9.80 Å². The lowest BCUT2D eigenvalue weighted by molar-refractivity contribution is -0.137. The number of hydrogen-bond acceptors (Lipinski definition) is 6. The van der Waals surface area contributed by atoms with Gasteiger partial charge in [0, 0.05) is 51.3 Å². The van der Waals surface area contributed by atoms with Gasteiger partial charge in [0.25, 0.3) is 0 Å². The molecule has 2 aliphatic heterocycles. The van der Waals surface area contributed by atoms with Gasteiger partial charge in [-0.1, -0.05) is 0 Å².